The molecule has 0 aromatic rings. The van der Waals surface area contributed by atoms with Gasteiger partial charge in [-0.3, -0.25) is 9.59 Å². The number of carbonyl (C=O) groups excluding carboxylic acids is 2. The molecule has 4 aliphatic carbocycles. The minimum Gasteiger partial charge on any atom is -0.476 e. The molecule has 0 spiro atoms. The van der Waals surface area contributed by atoms with E-state index in [4.69, 9.17) is 17.0 Å². The maximum Gasteiger partial charge on any atom is 0.220 e. The van der Waals surface area contributed by atoms with Crippen molar-refractivity contribution in [1.29, 1.82) is 0 Å². The Kier molecular flexibility index (Phi) is 6.45. The monoisotopic (exact) mass is 480 g/mol. The molecule has 0 saturated heterocycles. The van der Waals surface area contributed by atoms with E-state index < -0.39 is 17.1 Å². The van der Waals surface area contributed by atoms with Crippen LogP contribution in [0, 0.1) is 28.6 Å². The van der Waals surface area contributed by atoms with E-state index in [9.17, 15) is 19.8 Å². The summed E-state index contributed by atoms with van der Waals surface area (Å²) in [4.78, 5) is 25.3. The molecule has 0 bridgehead atoms. The Labute approximate surface area is 200 Å². The first kappa shape index (κ1) is 24.4. The van der Waals surface area contributed by atoms with Crippen molar-refractivity contribution in [1.82, 2.24) is 0 Å². The third-order valence-corrected chi connectivity index (χ3v) is 10.4. The Hall–Kier alpha value is -0.760. The second kappa shape index (κ2) is 8.47. The van der Waals surface area contributed by atoms with E-state index in [2.05, 4.69) is 6.92 Å². The van der Waals surface area contributed by atoms with Gasteiger partial charge in [-0.25, -0.2) is 0 Å². The molecule has 0 aliphatic heterocycles. The van der Waals surface area contributed by atoms with E-state index >= 15 is 0 Å². The molecule has 4 rings (SSSR count). The fraction of sp³-hybridized carbons (Fsp3) is 0.800. The molecule has 32 heavy (non-hydrogen) atoms. The molecule has 7 heteroatoms. The summed E-state index contributed by atoms with van der Waals surface area (Å²) in [5.74, 6) is 0.583. The molecule has 0 aromatic heterocycles. The predicted molar refractivity (Wildman–Crippen MR) is 129 cm³/mol. The SMILES string of the molecule is CC(C)OC(=S)SCC(=O)[C@@]1(O)CCC2C3CCC4=CC(=O)CC[C@]4(C)C3C(O)C[C@@]21C. The number of thiocarbonyl (C=S) groups is 1. The van der Waals surface area contributed by atoms with Crippen molar-refractivity contribution in [3.05, 3.63) is 11.6 Å². The number of ether oxygens (including phenoxy) is 1. The fourth-order valence-corrected chi connectivity index (χ4v) is 8.74. The Bertz CT molecular complexity index is 853. The van der Waals surface area contributed by atoms with Crippen LogP contribution in [0.15, 0.2) is 11.6 Å². The summed E-state index contributed by atoms with van der Waals surface area (Å²) in [6.07, 6.45) is 5.91. The average Bonchev–Trinajstić information content (AvgIpc) is 2.97. The van der Waals surface area contributed by atoms with Crippen LogP contribution in [0.4, 0.5) is 0 Å². The highest BCUT2D eigenvalue weighted by Gasteiger charge is 2.68. The van der Waals surface area contributed by atoms with E-state index in [1.807, 2.05) is 26.8 Å². The standard InChI is InChI=1S/C25H36O5S2/c1-14(2)30-22(31)32-13-20(28)25(29)10-8-18-17-6-5-15-11-16(26)7-9-23(15,3)21(17)19(27)12-24(18,25)4/h11,14,17-19,21,27,29H,5-10,12-13H2,1-4H3/t17?,18?,19?,21?,23-,24-,25-/m0/s1. The highest BCUT2D eigenvalue weighted by atomic mass is 32.2. The summed E-state index contributed by atoms with van der Waals surface area (Å²) >= 11 is 6.38. The number of hydrogen-bond acceptors (Lipinski definition) is 7. The van der Waals surface area contributed by atoms with Crippen LogP contribution in [0.25, 0.3) is 0 Å². The molecule has 3 saturated carbocycles. The summed E-state index contributed by atoms with van der Waals surface area (Å²) in [5.41, 5.74) is -1.09. The lowest BCUT2D eigenvalue weighted by Gasteiger charge is -2.60. The van der Waals surface area contributed by atoms with Crippen LogP contribution in [0.5, 0.6) is 0 Å². The number of aliphatic hydroxyl groups is 2. The van der Waals surface area contributed by atoms with Gasteiger partial charge in [0, 0.05) is 11.8 Å². The van der Waals surface area contributed by atoms with Crippen LogP contribution >= 0.6 is 24.0 Å². The molecular formula is C25H36O5S2. The van der Waals surface area contributed by atoms with Crippen LogP contribution in [0.1, 0.15) is 72.6 Å². The number of allylic oxidation sites excluding steroid dienone is 1. The lowest BCUT2D eigenvalue weighted by atomic mass is 9.45. The highest BCUT2D eigenvalue weighted by molar-refractivity contribution is 8.23. The summed E-state index contributed by atoms with van der Waals surface area (Å²) in [6, 6.07) is 0. The smallest absolute Gasteiger partial charge is 0.220 e. The molecule has 0 aromatic carbocycles. The van der Waals surface area contributed by atoms with E-state index in [0.717, 1.165) is 25.7 Å². The van der Waals surface area contributed by atoms with Crippen molar-refractivity contribution in [3.8, 4) is 0 Å². The quantitative estimate of drug-likeness (QED) is 0.583. The number of fused-ring (bicyclic) bond motifs is 5. The molecule has 7 atom stereocenters. The van der Waals surface area contributed by atoms with Crippen molar-refractivity contribution in [2.75, 3.05) is 5.75 Å². The number of rotatable bonds is 4. The van der Waals surface area contributed by atoms with Crippen molar-refractivity contribution in [3.63, 3.8) is 0 Å². The zero-order chi connectivity index (χ0) is 23.5. The van der Waals surface area contributed by atoms with Gasteiger partial charge in [0.05, 0.1) is 18.0 Å². The zero-order valence-electron chi connectivity index (χ0n) is 19.6. The summed E-state index contributed by atoms with van der Waals surface area (Å²) in [6.45, 7) is 8.00. The van der Waals surface area contributed by atoms with E-state index in [-0.39, 0.29) is 46.6 Å². The third-order valence-electron chi connectivity index (χ3n) is 9.16. The van der Waals surface area contributed by atoms with Crippen LogP contribution in [-0.2, 0) is 14.3 Å². The van der Waals surface area contributed by atoms with Gasteiger partial charge >= 0.3 is 0 Å². The Morgan fingerprint density at radius 1 is 1.28 bits per heavy atom. The van der Waals surface area contributed by atoms with Crippen LogP contribution in [0.3, 0.4) is 0 Å². The first-order chi connectivity index (χ1) is 14.9. The number of aliphatic hydroxyl groups excluding tert-OH is 1. The van der Waals surface area contributed by atoms with Gasteiger partial charge in [-0.1, -0.05) is 31.2 Å². The van der Waals surface area contributed by atoms with Gasteiger partial charge in [0.2, 0.25) is 4.38 Å². The number of Topliss-reactive ketones (excluding diaryl/α,β-unsaturated/α-hetero) is 1. The molecule has 0 amide bonds. The van der Waals surface area contributed by atoms with Gasteiger partial charge in [0.15, 0.2) is 11.6 Å². The fourth-order valence-electron chi connectivity index (χ4n) is 7.62. The Morgan fingerprint density at radius 2 is 2.00 bits per heavy atom. The van der Waals surface area contributed by atoms with E-state index in [1.165, 1.54) is 17.3 Å². The van der Waals surface area contributed by atoms with Crippen molar-refractivity contribution in [2.24, 2.45) is 28.6 Å². The number of carbonyl (C=O) groups is 2. The van der Waals surface area contributed by atoms with Gasteiger partial charge in [0.1, 0.15) is 5.60 Å². The molecule has 3 fully saturated rings. The van der Waals surface area contributed by atoms with E-state index in [1.54, 1.807) is 0 Å². The summed E-state index contributed by atoms with van der Waals surface area (Å²) < 4.78 is 5.80. The molecule has 0 heterocycles. The number of ketones is 2. The maximum atomic E-state index is 13.3. The Morgan fingerprint density at radius 3 is 2.69 bits per heavy atom. The van der Waals surface area contributed by atoms with Crippen molar-refractivity contribution < 1.29 is 24.5 Å². The van der Waals surface area contributed by atoms with Crippen LogP contribution in [0.2, 0.25) is 0 Å². The summed E-state index contributed by atoms with van der Waals surface area (Å²) in [7, 11) is 0. The normalized spacial score (nSPS) is 43.2. The van der Waals surface area contributed by atoms with Gasteiger partial charge in [-0.05, 0) is 93.8 Å². The van der Waals surface area contributed by atoms with Crippen LogP contribution in [-0.4, -0.2) is 49.7 Å². The lowest BCUT2D eigenvalue weighted by Crippen LogP contribution is -2.62. The van der Waals surface area contributed by atoms with Crippen LogP contribution < -0.4 is 0 Å². The first-order valence-corrected chi connectivity index (χ1v) is 13.3. The number of thioether (sulfide) groups is 1. The molecule has 178 valence electrons. The molecule has 2 N–H and O–H groups in total. The first-order valence-electron chi connectivity index (χ1n) is 11.9. The molecule has 4 unspecified atom stereocenters. The largest absolute Gasteiger partial charge is 0.476 e. The van der Waals surface area contributed by atoms with Gasteiger partial charge in [-0.2, -0.15) is 0 Å². The van der Waals surface area contributed by atoms with Gasteiger partial charge < -0.3 is 14.9 Å². The van der Waals surface area contributed by atoms with Crippen molar-refractivity contribution >= 4 is 39.9 Å². The minimum absolute atomic E-state index is 0.0475. The van der Waals surface area contributed by atoms with Crippen molar-refractivity contribution in [2.45, 2.75) is 90.4 Å². The lowest BCUT2D eigenvalue weighted by molar-refractivity contribution is -0.178. The second-order valence-electron chi connectivity index (χ2n) is 11.1. The summed E-state index contributed by atoms with van der Waals surface area (Å²) in [5, 5.41) is 23.2. The molecular weight excluding hydrogens is 444 g/mol. The molecule has 4 aliphatic rings. The van der Waals surface area contributed by atoms with E-state index in [0.29, 0.717) is 23.6 Å². The topological polar surface area (TPSA) is 83.8 Å². The van der Waals surface area contributed by atoms with Gasteiger partial charge in [-0.15, -0.1) is 0 Å². The van der Waals surface area contributed by atoms with Gasteiger partial charge in [0.25, 0.3) is 0 Å². The highest BCUT2D eigenvalue weighted by Crippen LogP contribution is 2.67. The average molecular weight is 481 g/mol. The third kappa shape index (κ3) is 3.71. The number of hydrogen-bond donors (Lipinski definition) is 2. The predicted octanol–water partition coefficient (Wildman–Crippen LogP) is 4.23. The minimum atomic E-state index is -1.45. The molecule has 0 radical (unpaired) electrons. The maximum absolute atomic E-state index is 13.3. The second-order valence-corrected chi connectivity index (χ2v) is 12.7. The Balaban J connectivity index is 1.56. The molecule has 5 nitrogen and oxygen atoms in total. The zero-order valence-corrected chi connectivity index (χ0v) is 21.2.